The number of rotatable bonds is 10. The SMILES string of the molecule is CC(CCC(C(=O)N1CCC(O)(C2=CCC(Cl)CC2)C(C)(C)C1)C(C)C)CNCC1=CC=C(Cl)CC1. The molecule has 0 aromatic heterocycles. The standard InChI is InChI=1S/C30H48Cl2N2O2/c1-21(2)27(15-6-22(3)18-33-19-23-7-11-25(31)12-8-23)28(35)34-17-16-30(36,29(4,5)20-34)24-9-13-26(32)14-10-24/h7,9,11,21-22,26-27,33,36H,6,8,10,12-20H2,1-5H3. The molecule has 0 spiro atoms. The highest BCUT2D eigenvalue weighted by Gasteiger charge is 2.51. The second-order valence-electron chi connectivity index (χ2n) is 12.5. The smallest absolute Gasteiger partial charge is 0.225 e. The van der Waals surface area contributed by atoms with Crippen molar-refractivity contribution >= 4 is 29.1 Å². The van der Waals surface area contributed by atoms with E-state index in [2.05, 4.69) is 52.1 Å². The summed E-state index contributed by atoms with van der Waals surface area (Å²) in [4.78, 5) is 15.7. The van der Waals surface area contributed by atoms with E-state index in [1.54, 1.807) is 0 Å². The number of halogens is 2. The summed E-state index contributed by atoms with van der Waals surface area (Å²) in [6, 6.07) is 0. The number of likely N-dealkylation sites (tertiary alicyclic amines) is 1. The van der Waals surface area contributed by atoms with E-state index in [1.165, 1.54) is 5.57 Å². The maximum atomic E-state index is 13.7. The number of aliphatic hydroxyl groups is 1. The number of nitrogens with one attached hydrogen (secondary N) is 1. The van der Waals surface area contributed by atoms with E-state index in [9.17, 15) is 9.90 Å². The van der Waals surface area contributed by atoms with Crippen molar-refractivity contribution in [2.24, 2.45) is 23.2 Å². The van der Waals surface area contributed by atoms with Crippen molar-refractivity contribution in [3.8, 4) is 0 Å². The van der Waals surface area contributed by atoms with Crippen molar-refractivity contribution in [2.75, 3.05) is 26.2 Å². The number of allylic oxidation sites excluding steroid dienone is 4. The van der Waals surface area contributed by atoms with Crippen LogP contribution in [0.1, 0.15) is 86.0 Å². The van der Waals surface area contributed by atoms with Crippen LogP contribution < -0.4 is 5.32 Å². The fraction of sp³-hybridized carbons (Fsp3) is 0.767. The number of hydrogen-bond donors (Lipinski definition) is 2. The van der Waals surface area contributed by atoms with Crippen LogP contribution in [0.2, 0.25) is 0 Å². The van der Waals surface area contributed by atoms with E-state index in [0.717, 1.165) is 68.6 Å². The topological polar surface area (TPSA) is 52.6 Å². The molecule has 0 aromatic rings. The van der Waals surface area contributed by atoms with Crippen molar-refractivity contribution in [2.45, 2.75) is 97.0 Å². The zero-order valence-electron chi connectivity index (χ0n) is 23.1. The molecule has 4 nitrogen and oxygen atoms in total. The Morgan fingerprint density at radius 2 is 1.94 bits per heavy atom. The van der Waals surface area contributed by atoms with Gasteiger partial charge in [0.2, 0.25) is 5.91 Å². The first-order valence-corrected chi connectivity index (χ1v) is 14.8. The Hall–Kier alpha value is -0.810. The zero-order chi connectivity index (χ0) is 26.5. The van der Waals surface area contributed by atoms with E-state index < -0.39 is 11.0 Å². The van der Waals surface area contributed by atoms with E-state index in [1.807, 2.05) is 11.0 Å². The molecule has 1 saturated heterocycles. The van der Waals surface area contributed by atoms with Gasteiger partial charge in [-0.05, 0) is 81.4 Å². The van der Waals surface area contributed by atoms with Crippen LogP contribution in [0.3, 0.4) is 0 Å². The first kappa shape index (κ1) is 29.7. The molecule has 3 aliphatic rings. The number of amides is 1. The predicted octanol–water partition coefficient (Wildman–Crippen LogP) is 6.81. The average Bonchev–Trinajstić information content (AvgIpc) is 2.82. The molecule has 6 heteroatoms. The van der Waals surface area contributed by atoms with Gasteiger partial charge in [-0.3, -0.25) is 4.79 Å². The van der Waals surface area contributed by atoms with Crippen LogP contribution in [0.25, 0.3) is 0 Å². The van der Waals surface area contributed by atoms with Gasteiger partial charge in [-0.1, -0.05) is 63.9 Å². The molecule has 4 atom stereocenters. The molecule has 4 unspecified atom stereocenters. The minimum Gasteiger partial charge on any atom is -0.385 e. The maximum Gasteiger partial charge on any atom is 0.225 e. The Kier molecular flexibility index (Phi) is 10.6. The summed E-state index contributed by atoms with van der Waals surface area (Å²) in [5.41, 5.74) is 1.28. The Morgan fingerprint density at radius 3 is 2.53 bits per heavy atom. The molecule has 2 aliphatic carbocycles. The van der Waals surface area contributed by atoms with Crippen molar-refractivity contribution in [1.82, 2.24) is 10.2 Å². The fourth-order valence-electron chi connectivity index (χ4n) is 6.11. The predicted molar refractivity (Wildman–Crippen MR) is 152 cm³/mol. The molecule has 0 radical (unpaired) electrons. The molecule has 1 amide bonds. The van der Waals surface area contributed by atoms with Gasteiger partial charge in [-0.2, -0.15) is 0 Å². The second-order valence-corrected chi connectivity index (χ2v) is 13.6. The number of carbonyl (C=O) groups excluding carboxylic acids is 1. The number of carbonyl (C=O) groups is 1. The highest BCUT2D eigenvalue weighted by atomic mass is 35.5. The molecule has 0 aromatic carbocycles. The normalized spacial score (nSPS) is 28.3. The van der Waals surface area contributed by atoms with Gasteiger partial charge in [-0.15, -0.1) is 11.6 Å². The van der Waals surface area contributed by atoms with Gasteiger partial charge in [0.1, 0.15) is 0 Å². The first-order valence-electron chi connectivity index (χ1n) is 14.0. The van der Waals surface area contributed by atoms with Crippen LogP contribution >= 0.6 is 23.2 Å². The summed E-state index contributed by atoms with van der Waals surface area (Å²) in [6.07, 6.45) is 13.4. The van der Waals surface area contributed by atoms with Gasteiger partial charge in [-0.25, -0.2) is 0 Å². The van der Waals surface area contributed by atoms with Crippen molar-refractivity contribution < 1.29 is 9.90 Å². The molecule has 2 N–H and O–H groups in total. The van der Waals surface area contributed by atoms with Crippen LogP contribution in [-0.4, -0.2) is 53.1 Å². The fourth-order valence-corrected chi connectivity index (χ4v) is 6.46. The molecule has 1 fully saturated rings. The highest BCUT2D eigenvalue weighted by Crippen LogP contribution is 2.47. The van der Waals surface area contributed by atoms with Gasteiger partial charge in [0.05, 0.1) is 5.60 Å². The first-order chi connectivity index (χ1) is 16.9. The third-order valence-corrected chi connectivity index (χ3v) is 9.47. The highest BCUT2D eigenvalue weighted by molar-refractivity contribution is 6.29. The third kappa shape index (κ3) is 7.40. The third-order valence-electron chi connectivity index (χ3n) is 8.76. The summed E-state index contributed by atoms with van der Waals surface area (Å²) in [7, 11) is 0. The van der Waals surface area contributed by atoms with E-state index in [4.69, 9.17) is 23.2 Å². The Morgan fingerprint density at radius 1 is 1.19 bits per heavy atom. The molecule has 3 rings (SSSR count). The summed E-state index contributed by atoms with van der Waals surface area (Å²) < 4.78 is 0. The van der Waals surface area contributed by atoms with Gasteiger partial charge in [0.15, 0.2) is 0 Å². The maximum absolute atomic E-state index is 13.7. The minimum absolute atomic E-state index is 0.0219. The van der Waals surface area contributed by atoms with Crippen LogP contribution in [-0.2, 0) is 4.79 Å². The molecule has 1 aliphatic heterocycles. The summed E-state index contributed by atoms with van der Waals surface area (Å²) >= 11 is 12.4. The number of alkyl halides is 1. The minimum atomic E-state index is -0.858. The van der Waals surface area contributed by atoms with Crippen molar-refractivity contribution in [1.29, 1.82) is 0 Å². The molecule has 0 saturated carbocycles. The molecule has 1 heterocycles. The lowest BCUT2D eigenvalue weighted by atomic mass is 9.64. The van der Waals surface area contributed by atoms with E-state index >= 15 is 0 Å². The van der Waals surface area contributed by atoms with E-state index in [0.29, 0.717) is 31.3 Å². The summed E-state index contributed by atoms with van der Waals surface area (Å²) in [6.45, 7) is 13.9. The van der Waals surface area contributed by atoms with Gasteiger partial charge < -0.3 is 15.3 Å². The summed E-state index contributed by atoms with van der Waals surface area (Å²) in [5, 5.41) is 16.5. The molecule has 0 bridgehead atoms. The second kappa shape index (κ2) is 12.8. The number of nitrogens with zero attached hydrogens (tertiary/aromatic N) is 1. The number of hydrogen-bond acceptors (Lipinski definition) is 3. The monoisotopic (exact) mass is 538 g/mol. The largest absolute Gasteiger partial charge is 0.385 e. The lowest BCUT2D eigenvalue weighted by molar-refractivity contribution is -0.150. The van der Waals surface area contributed by atoms with Crippen LogP contribution in [0.4, 0.5) is 0 Å². The molecule has 36 heavy (non-hydrogen) atoms. The lowest BCUT2D eigenvalue weighted by Gasteiger charge is -2.52. The van der Waals surface area contributed by atoms with E-state index in [-0.39, 0.29) is 17.2 Å². The van der Waals surface area contributed by atoms with Crippen molar-refractivity contribution in [3.63, 3.8) is 0 Å². The lowest BCUT2D eigenvalue weighted by Crippen LogP contribution is -2.60. The Labute approximate surface area is 229 Å². The van der Waals surface area contributed by atoms with Crippen LogP contribution in [0.5, 0.6) is 0 Å². The Balaban J connectivity index is 1.52. The van der Waals surface area contributed by atoms with Gasteiger partial charge >= 0.3 is 0 Å². The average molecular weight is 540 g/mol. The van der Waals surface area contributed by atoms with Crippen molar-refractivity contribution in [3.05, 3.63) is 34.4 Å². The molecular weight excluding hydrogens is 491 g/mol. The summed E-state index contributed by atoms with van der Waals surface area (Å²) in [5.74, 6) is 1.09. The van der Waals surface area contributed by atoms with Gasteiger partial charge in [0, 0.05) is 41.4 Å². The van der Waals surface area contributed by atoms with Gasteiger partial charge in [0.25, 0.3) is 0 Å². The van der Waals surface area contributed by atoms with Crippen LogP contribution in [0.15, 0.2) is 34.4 Å². The Bertz CT molecular complexity index is 863. The molecule has 204 valence electrons. The van der Waals surface area contributed by atoms with Crippen LogP contribution in [0, 0.1) is 23.2 Å². The number of piperidine rings is 1. The molecular formula is C30H48Cl2N2O2. The zero-order valence-corrected chi connectivity index (χ0v) is 24.6. The quantitative estimate of drug-likeness (QED) is 0.237.